The lowest BCUT2D eigenvalue weighted by atomic mass is 10.1. The Labute approximate surface area is 125 Å². The highest BCUT2D eigenvalue weighted by Crippen LogP contribution is 2.24. The van der Waals surface area contributed by atoms with Crippen LogP contribution in [0.4, 0.5) is 0 Å². The van der Waals surface area contributed by atoms with Gasteiger partial charge in [0.1, 0.15) is 11.5 Å². The van der Waals surface area contributed by atoms with E-state index in [1.54, 1.807) is 0 Å². The molecule has 0 unspecified atom stereocenters. The zero-order valence-electron chi connectivity index (χ0n) is 13.2. The summed E-state index contributed by atoms with van der Waals surface area (Å²) in [5, 5.41) is 3.89. The topological polar surface area (TPSA) is 52.3 Å². The Bertz CT molecular complexity index is 651. The number of aryl methyl sites for hydroxylation is 4. The maximum absolute atomic E-state index is 12.0. The van der Waals surface area contributed by atoms with Crippen molar-refractivity contribution in [3.8, 4) is 5.75 Å². The molecule has 0 aliphatic rings. The van der Waals surface area contributed by atoms with Crippen molar-refractivity contribution in [3.63, 3.8) is 0 Å². The standard InChI is InChI=1S/C17H21NO3/c1-10-8-11(2)12(3)16(9-10)20-17(19)7-6-15-13(4)18-21-14(15)5/h8-9H,6-7H2,1-5H3. The fourth-order valence-electron chi connectivity index (χ4n) is 2.37. The molecule has 1 aromatic carbocycles. The summed E-state index contributed by atoms with van der Waals surface area (Å²) in [5.74, 6) is 1.18. The highest BCUT2D eigenvalue weighted by molar-refractivity contribution is 5.73. The second-order valence-electron chi connectivity index (χ2n) is 5.48. The van der Waals surface area contributed by atoms with E-state index in [9.17, 15) is 4.79 Å². The maximum Gasteiger partial charge on any atom is 0.311 e. The van der Waals surface area contributed by atoms with Crippen LogP contribution in [0.15, 0.2) is 16.7 Å². The number of hydrogen-bond donors (Lipinski definition) is 0. The van der Waals surface area contributed by atoms with Crippen LogP contribution in [-0.4, -0.2) is 11.1 Å². The summed E-state index contributed by atoms with van der Waals surface area (Å²) in [6.45, 7) is 9.71. The molecule has 4 nitrogen and oxygen atoms in total. The van der Waals surface area contributed by atoms with Gasteiger partial charge in [0.2, 0.25) is 0 Å². The molecule has 0 saturated heterocycles. The molecule has 0 aliphatic carbocycles. The zero-order chi connectivity index (χ0) is 15.6. The van der Waals surface area contributed by atoms with Crippen LogP contribution >= 0.6 is 0 Å². The van der Waals surface area contributed by atoms with Crippen LogP contribution in [-0.2, 0) is 11.2 Å². The number of esters is 1. The maximum atomic E-state index is 12.0. The third-order valence-electron chi connectivity index (χ3n) is 3.75. The Morgan fingerprint density at radius 1 is 1.19 bits per heavy atom. The summed E-state index contributed by atoms with van der Waals surface area (Å²) in [6, 6.07) is 3.98. The van der Waals surface area contributed by atoms with Gasteiger partial charge in [-0.1, -0.05) is 11.2 Å². The van der Waals surface area contributed by atoms with Crippen LogP contribution in [0, 0.1) is 34.6 Å². The first-order chi connectivity index (χ1) is 9.88. The van der Waals surface area contributed by atoms with Crippen LogP contribution in [0.1, 0.15) is 40.1 Å². The molecule has 0 amide bonds. The largest absolute Gasteiger partial charge is 0.426 e. The van der Waals surface area contributed by atoms with Crippen molar-refractivity contribution in [2.45, 2.75) is 47.5 Å². The number of carbonyl (C=O) groups is 1. The molecule has 1 heterocycles. The molecule has 4 heteroatoms. The van der Waals surface area contributed by atoms with E-state index in [-0.39, 0.29) is 5.97 Å². The average Bonchev–Trinajstić information content (AvgIpc) is 2.72. The van der Waals surface area contributed by atoms with Crippen molar-refractivity contribution in [1.82, 2.24) is 5.16 Å². The Morgan fingerprint density at radius 2 is 1.90 bits per heavy atom. The van der Waals surface area contributed by atoms with Gasteiger partial charge in [-0.25, -0.2) is 0 Å². The van der Waals surface area contributed by atoms with Crippen molar-refractivity contribution >= 4 is 5.97 Å². The molecule has 21 heavy (non-hydrogen) atoms. The lowest BCUT2D eigenvalue weighted by Gasteiger charge is -2.11. The van der Waals surface area contributed by atoms with Crippen molar-refractivity contribution in [3.05, 3.63) is 45.8 Å². The number of ether oxygens (including phenoxy) is 1. The average molecular weight is 287 g/mol. The lowest BCUT2D eigenvalue weighted by molar-refractivity contribution is -0.134. The quantitative estimate of drug-likeness (QED) is 0.634. The van der Waals surface area contributed by atoms with Crippen LogP contribution in [0.5, 0.6) is 5.75 Å². The Hall–Kier alpha value is -2.10. The number of rotatable bonds is 4. The summed E-state index contributed by atoms with van der Waals surface area (Å²) in [7, 11) is 0. The van der Waals surface area contributed by atoms with E-state index >= 15 is 0 Å². The summed E-state index contributed by atoms with van der Waals surface area (Å²) in [5.41, 5.74) is 5.05. The zero-order valence-corrected chi connectivity index (χ0v) is 13.2. The van der Waals surface area contributed by atoms with Gasteiger partial charge in [0.05, 0.1) is 12.1 Å². The van der Waals surface area contributed by atoms with Crippen LogP contribution in [0.3, 0.4) is 0 Å². The second-order valence-corrected chi connectivity index (χ2v) is 5.48. The van der Waals surface area contributed by atoms with Gasteiger partial charge in [0, 0.05) is 5.56 Å². The van der Waals surface area contributed by atoms with Crippen molar-refractivity contribution in [1.29, 1.82) is 0 Å². The van der Waals surface area contributed by atoms with Crippen molar-refractivity contribution in [2.75, 3.05) is 0 Å². The smallest absolute Gasteiger partial charge is 0.311 e. The van der Waals surface area contributed by atoms with Gasteiger partial charge in [0.25, 0.3) is 0 Å². The molecular formula is C17H21NO3. The molecule has 2 rings (SSSR count). The van der Waals surface area contributed by atoms with Crippen LogP contribution in [0.25, 0.3) is 0 Å². The summed E-state index contributed by atoms with van der Waals surface area (Å²) in [4.78, 5) is 12.0. The highest BCUT2D eigenvalue weighted by atomic mass is 16.5. The molecule has 0 bridgehead atoms. The van der Waals surface area contributed by atoms with Crippen molar-refractivity contribution < 1.29 is 14.1 Å². The first-order valence-corrected chi connectivity index (χ1v) is 7.08. The SMILES string of the molecule is Cc1cc(C)c(C)c(OC(=O)CCc2c(C)noc2C)c1. The molecular weight excluding hydrogens is 266 g/mol. The molecule has 0 aliphatic heterocycles. The number of hydrogen-bond acceptors (Lipinski definition) is 4. The minimum atomic E-state index is -0.233. The molecule has 0 fully saturated rings. The van der Waals surface area contributed by atoms with E-state index in [0.717, 1.165) is 33.7 Å². The van der Waals surface area contributed by atoms with Gasteiger partial charge in [-0.05, 0) is 63.8 Å². The normalized spacial score (nSPS) is 10.7. The van der Waals surface area contributed by atoms with Crippen LogP contribution in [0.2, 0.25) is 0 Å². The summed E-state index contributed by atoms with van der Waals surface area (Å²) >= 11 is 0. The molecule has 0 N–H and O–H groups in total. The third-order valence-corrected chi connectivity index (χ3v) is 3.75. The van der Waals surface area contributed by atoms with E-state index < -0.39 is 0 Å². The number of benzene rings is 1. The van der Waals surface area contributed by atoms with E-state index in [1.165, 1.54) is 0 Å². The fraction of sp³-hybridized carbons (Fsp3) is 0.412. The fourth-order valence-corrected chi connectivity index (χ4v) is 2.37. The Balaban J connectivity index is 2.03. The molecule has 0 radical (unpaired) electrons. The van der Waals surface area contributed by atoms with E-state index in [0.29, 0.717) is 18.6 Å². The minimum absolute atomic E-state index is 0.233. The number of aromatic nitrogens is 1. The molecule has 0 saturated carbocycles. The minimum Gasteiger partial charge on any atom is -0.426 e. The van der Waals surface area contributed by atoms with Gasteiger partial charge in [-0.2, -0.15) is 0 Å². The van der Waals surface area contributed by atoms with Gasteiger partial charge in [0.15, 0.2) is 0 Å². The monoisotopic (exact) mass is 287 g/mol. The first-order valence-electron chi connectivity index (χ1n) is 7.08. The molecule has 1 aromatic heterocycles. The third kappa shape index (κ3) is 3.51. The molecule has 2 aromatic rings. The van der Waals surface area contributed by atoms with Gasteiger partial charge in [-0.3, -0.25) is 4.79 Å². The summed E-state index contributed by atoms with van der Waals surface area (Å²) < 4.78 is 10.6. The second kappa shape index (κ2) is 6.12. The highest BCUT2D eigenvalue weighted by Gasteiger charge is 2.14. The van der Waals surface area contributed by atoms with Gasteiger partial charge < -0.3 is 9.26 Å². The van der Waals surface area contributed by atoms with Crippen molar-refractivity contribution in [2.24, 2.45) is 0 Å². The van der Waals surface area contributed by atoms with Gasteiger partial charge >= 0.3 is 5.97 Å². The predicted octanol–water partition coefficient (Wildman–Crippen LogP) is 3.75. The molecule has 0 atom stereocenters. The molecule has 112 valence electrons. The summed E-state index contributed by atoms with van der Waals surface area (Å²) in [6.07, 6.45) is 0.902. The lowest BCUT2D eigenvalue weighted by Crippen LogP contribution is -2.11. The molecule has 0 spiro atoms. The van der Waals surface area contributed by atoms with E-state index in [4.69, 9.17) is 9.26 Å². The predicted molar refractivity (Wildman–Crippen MR) is 80.6 cm³/mol. The van der Waals surface area contributed by atoms with E-state index in [1.807, 2.05) is 40.7 Å². The Morgan fingerprint density at radius 3 is 2.52 bits per heavy atom. The number of carbonyl (C=O) groups excluding carboxylic acids is 1. The van der Waals surface area contributed by atoms with E-state index in [2.05, 4.69) is 11.2 Å². The van der Waals surface area contributed by atoms with Crippen LogP contribution < -0.4 is 4.74 Å². The van der Waals surface area contributed by atoms with Gasteiger partial charge in [-0.15, -0.1) is 0 Å². The first kappa shape index (κ1) is 15.3. The Kier molecular flexibility index (Phi) is 4.46. The number of nitrogens with zero attached hydrogens (tertiary/aromatic N) is 1.